The van der Waals surface area contributed by atoms with Gasteiger partial charge in [-0.2, -0.15) is 0 Å². The molecule has 0 N–H and O–H groups in total. The molecule has 11 rings (SSSR count). The van der Waals surface area contributed by atoms with Crippen molar-refractivity contribution in [1.82, 2.24) is 0 Å². The smallest absolute Gasteiger partial charge is 0.0481 e. The van der Waals surface area contributed by atoms with Crippen LogP contribution in [0.5, 0.6) is 0 Å². The van der Waals surface area contributed by atoms with Gasteiger partial charge in [-0.3, -0.25) is 0 Å². The first-order valence-electron chi connectivity index (χ1n) is 34.6. The van der Waals surface area contributed by atoms with Gasteiger partial charge in [0.2, 0.25) is 0 Å². The molecule has 8 aromatic heterocycles. The van der Waals surface area contributed by atoms with Gasteiger partial charge < -0.3 is 0 Å². The van der Waals surface area contributed by atoms with Crippen molar-refractivity contribution < 1.29 is 0 Å². The molecule has 0 spiro atoms. The first kappa shape index (κ1) is 66.7. The van der Waals surface area contributed by atoms with E-state index < -0.39 is 0 Å². The number of benzene rings is 3. The van der Waals surface area contributed by atoms with Gasteiger partial charge in [-0.25, -0.2) is 0 Å². The van der Waals surface area contributed by atoms with Crippen LogP contribution in [-0.2, 0) is 25.7 Å². The predicted molar refractivity (Wildman–Crippen MR) is 416 cm³/mol. The molecule has 470 valence electrons. The zero-order valence-electron chi connectivity index (χ0n) is 54.1. The van der Waals surface area contributed by atoms with Crippen LogP contribution in [-0.4, -0.2) is 0 Å². The molecule has 8 heterocycles. The second-order valence-corrected chi connectivity index (χ2v) is 33.3. The molecule has 0 radical (unpaired) electrons. The van der Waals surface area contributed by atoms with E-state index in [1.807, 2.05) is 90.7 Å². The fraction of sp³-hybridized carbons (Fsp3) is 0.390. The van der Waals surface area contributed by atoms with Crippen LogP contribution in [0.1, 0.15) is 225 Å². The second-order valence-electron chi connectivity index (χ2n) is 25.0. The van der Waals surface area contributed by atoms with E-state index >= 15 is 0 Å². The molecule has 0 amide bonds. The van der Waals surface area contributed by atoms with Crippen LogP contribution in [0.25, 0.3) is 104 Å². The van der Waals surface area contributed by atoms with Crippen LogP contribution in [0, 0.1) is 0 Å². The number of hydrogen-bond donors (Lipinski definition) is 0. The molecule has 0 atom stereocenters. The van der Waals surface area contributed by atoms with Gasteiger partial charge >= 0.3 is 0 Å². The average Bonchev–Trinajstić information content (AvgIpc) is 1.86. The van der Waals surface area contributed by atoms with Crippen molar-refractivity contribution in [3.8, 4) is 58.5 Å². The van der Waals surface area contributed by atoms with Gasteiger partial charge in [0, 0.05) is 68.3 Å². The highest BCUT2D eigenvalue weighted by Gasteiger charge is 2.19. The van der Waals surface area contributed by atoms with Crippen LogP contribution in [0.2, 0.25) is 0 Å². The van der Waals surface area contributed by atoms with Gasteiger partial charge in [0.25, 0.3) is 0 Å². The second kappa shape index (κ2) is 35.0. The maximum Gasteiger partial charge on any atom is 0.0481 e. The summed E-state index contributed by atoms with van der Waals surface area (Å²) in [7, 11) is 0. The molecule has 90 heavy (non-hydrogen) atoms. The minimum atomic E-state index is 1.14. The summed E-state index contributed by atoms with van der Waals surface area (Å²) in [5, 5.41) is 9.75. The van der Waals surface area contributed by atoms with Gasteiger partial charge in [-0.15, -0.1) is 90.7 Å². The first-order chi connectivity index (χ1) is 44.4. The lowest BCUT2D eigenvalue weighted by Gasteiger charge is -2.05. The van der Waals surface area contributed by atoms with Gasteiger partial charge in [0.1, 0.15) is 0 Å². The molecule has 0 unspecified atom stereocenters. The topological polar surface area (TPSA) is 0 Å². The monoisotopic (exact) mass is 1330 g/mol. The van der Waals surface area contributed by atoms with E-state index in [2.05, 4.69) is 184 Å². The minimum absolute atomic E-state index is 1.14. The fourth-order valence-corrected chi connectivity index (χ4v) is 21.7. The number of aryl methyl sites for hydroxylation is 4. The highest BCUT2D eigenvalue weighted by Crippen LogP contribution is 2.48. The summed E-state index contributed by atoms with van der Waals surface area (Å²) in [5.74, 6) is 0. The lowest BCUT2D eigenvalue weighted by atomic mass is 9.99. The molecule has 0 bridgehead atoms. The number of hydrogen-bond acceptors (Lipinski definition) is 8. The summed E-state index contributed by atoms with van der Waals surface area (Å²) >= 11 is 15.7. The van der Waals surface area contributed by atoms with E-state index in [0.29, 0.717) is 0 Å². The summed E-state index contributed by atoms with van der Waals surface area (Å²) in [6.07, 6.45) is 46.0. The van der Waals surface area contributed by atoms with Crippen molar-refractivity contribution in [2.45, 2.75) is 207 Å². The molecule has 0 saturated heterocycles. The third kappa shape index (κ3) is 18.3. The molecule has 0 saturated carbocycles. The molecule has 0 aliphatic rings. The van der Waals surface area contributed by atoms with Crippen molar-refractivity contribution in [2.24, 2.45) is 0 Å². The van der Waals surface area contributed by atoms with Crippen LogP contribution < -0.4 is 0 Å². The molecule has 11 aromatic rings. The lowest BCUT2D eigenvalue weighted by Crippen LogP contribution is -1.86. The maximum atomic E-state index is 2.50. The van der Waals surface area contributed by atoms with E-state index in [4.69, 9.17) is 0 Å². The number of thiophene rings is 8. The van der Waals surface area contributed by atoms with E-state index in [1.165, 1.54) is 290 Å². The Morgan fingerprint density at radius 2 is 0.556 bits per heavy atom. The molecule has 0 nitrogen and oxygen atoms in total. The van der Waals surface area contributed by atoms with Crippen molar-refractivity contribution in [1.29, 1.82) is 0 Å². The van der Waals surface area contributed by atoms with E-state index in [-0.39, 0.29) is 0 Å². The van der Waals surface area contributed by atoms with Gasteiger partial charge in [0.15, 0.2) is 0 Å². The van der Waals surface area contributed by atoms with E-state index in [0.717, 1.165) is 12.8 Å². The van der Waals surface area contributed by atoms with Crippen LogP contribution >= 0.6 is 90.7 Å². The Hall–Kier alpha value is -4.74. The summed E-state index contributed by atoms with van der Waals surface area (Å²) in [6, 6.07) is 47.6. The summed E-state index contributed by atoms with van der Waals surface area (Å²) in [6.45, 7) is 9.23. The van der Waals surface area contributed by atoms with Gasteiger partial charge in [0.05, 0.1) is 0 Å². The quantitative estimate of drug-likeness (QED) is 0.0267. The standard InChI is InChI=1S/C82H94S8/c1-5-9-13-17-21-25-29-61-49-51-83-79(61)75-45-41-71(87-75)73-43-47-77(89-73)81-65(31-27-23-19-15-11-7-3)57-69(85-81)39-35-59-33-37-63-56-68-54-60(34-38-64(68)55-67(63)53-59)36-40-70-58-66(32-28-24-20-16-12-8-4)82(86-70)78-48-44-74(90-78)72-42-46-76(88-72)80-62(50-52-84-80)30-26-22-18-14-10-6-2/h33-58H,5-32H2,1-4H3. The highest BCUT2D eigenvalue weighted by molar-refractivity contribution is 7.29. The van der Waals surface area contributed by atoms with Gasteiger partial charge in [-0.1, -0.05) is 193 Å². The van der Waals surface area contributed by atoms with Crippen molar-refractivity contribution in [3.63, 3.8) is 0 Å². The first-order valence-corrected chi connectivity index (χ1v) is 41.2. The zero-order valence-corrected chi connectivity index (χ0v) is 60.6. The maximum absolute atomic E-state index is 2.50. The fourth-order valence-electron chi connectivity index (χ4n) is 12.7. The van der Waals surface area contributed by atoms with Crippen LogP contribution in [0.3, 0.4) is 0 Å². The SMILES string of the molecule is CCCCCCCCc1ccsc1-c1ccc(-c2ccc(-c3sc(C=Cc4ccc5cc6cc(C=Cc7cc(CCCCCCCC)c(-c8ccc(-c9ccc(-c%10sccc%10CCCCCCCC)s9)s8)s7)ccc6cc5c4)cc3CCCCCCCC)s2)s1. The predicted octanol–water partition coefficient (Wildman–Crippen LogP) is 30.4. The zero-order chi connectivity index (χ0) is 61.7. The summed E-state index contributed by atoms with van der Waals surface area (Å²) < 4.78 is 0. The lowest BCUT2D eigenvalue weighted by molar-refractivity contribution is 0.608. The molecule has 8 heteroatoms. The molecular weight excluding hydrogens is 1240 g/mol. The summed E-state index contributed by atoms with van der Waals surface area (Å²) in [4.78, 5) is 19.8. The molecular formula is C82H94S8. The third-order valence-corrected chi connectivity index (χ3v) is 27.5. The Balaban J connectivity index is 0.764. The largest absolute Gasteiger partial charge is 0.143 e. The van der Waals surface area contributed by atoms with Crippen molar-refractivity contribution in [2.75, 3.05) is 0 Å². The van der Waals surface area contributed by atoms with E-state index in [9.17, 15) is 0 Å². The minimum Gasteiger partial charge on any atom is -0.143 e. The Morgan fingerprint density at radius 1 is 0.244 bits per heavy atom. The molecule has 0 fully saturated rings. The van der Waals surface area contributed by atoms with Crippen molar-refractivity contribution in [3.05, 3.63) is 175 Å². The Bertz CT molecular complexity index is 3750. The van der Waals surface area contributed by atoms with Crippen LogP contribution in [0.4, 0.5) is 0 Å². The average molecular weight is 1340 g/mol. The van der Waals surface area contributed by atoms with E-state index in [1.54, 1.807) is 0 Å². The normalized spacial score (nSPS) is 12.0. The third-order valence-electron chi connectivity index (χ3n) is 17.9. The Morgan fingerprint density at radius 3 is 0.911 bits per heavy atom. The summed E-state index contributed by atoms with van der Waals surface area (Å²) in [5.41, 5.74) is 8.59. The number of rotatable bonds is 38. The Kier molecular flexibility index (Phi) is 25.9. The van der Waals surface area contributed by atoms with Crippen molar-refractivity contribution >= 4 is 137 Å². The van der Waals surface area contributed by atoms with Crippen LogP contribution in [0.15, 0.2) is 132 Å². The molecule has 0 aliphatic heterocycles. The molecule has 0 aliphatic carbocycles. The van der Waals surface area contributed by atoms with Gasteiger partial charge in [-0.05, 0) is 226 Å². The Labute approximate surface area is 572 Å². The number of unbranched alkanes of at least 4 members (excludes halogenated alkanes) is 20. The highest BCUT2D eigenvalue weighted by atomic mass is 32.1. The molecule has 3 aromatic carbocycles. The number of fused-ring (bicyclic) bond motifs is 2.